The second-order valence-corrected chi connectivity index (χ2v) is 8.85. The molecule has 0 spiro atoms. The lowest BCUT2D eigenvalue weighted by molar-refractivity contribution is 0.174. The summed E-state index contributed by atoms with van der Waals surface area (Å²) in [7, 11) is 1.64. The first kappa shape index (κ1) is 22.6. The van der Waals surface area contributed by atoms with Crippen LogP contribution < -0.4 is 24.3 Å². The van der Waals surface area contributed by atoms with Crippen molar-refractivity contribution in [1.29, 1.82) is 0 Å². The predicted molar refractivity (Wildman–Crippen MR) is 132 cm³/mol. The van der Waals surface area contributed by atoms with E-state index in [-0.39, 0.29) is 24.8 Å². The zero-order valence-corrected chi connectivity index (χ0v) is 20.5. The first-order valence-electron chi connectivity index (χ1n) is 11.1. The fourth-order valence-electron chi connectivity index (χ4n) is 4.27. The molecule has 0 radical (unpaired) electrons. The minimum Gasteiger partial charge on any atom is -0.504 e. The smallest absolute Gasteiger partial charge is 0.231 e. The van der Waals surface area contributed by atoms with Crippen LogP contribution in [0.2, 0.25) is 0 Å². The number of halogens is 1. The van der Waals surface area contributed by atoms with Crippen LogP contribution in [0.1, 0.15) is 42.2 Å². The molecule has 0 aromatic heterocycles. The molecule has 2 N–H and O–H groups in total. The van der Waals surface area contributed by atoms with Crippen LogP contribution in [-0.2, 0) is 0 Å². The van der Waals surface area contributed by atoms with Crippen molar-refractivity contribution in [3.8, 4) is 28.7 Å². The molecule has 0 saturated heterocycles. The van der Waals surface area contributed by atoms with Crippen molar-refractivity contribution in [2.45, 2.75) is 25.6 Å². The second kappa shape index (κ2) is 9.56. The zero-order valence-electron chi connectivity index (χ0n) is 18.9. The number of ether oxygens (including phenoxy) is 4. The van der Waals surface area contributed by atoms with E-state index in [1.165, 1.54) is 0 Å². The molecule has 176 valence electrons. The van der Waals surface area contributed by atoms with Crippen molar-refractivity contribution < 1.29 is 24.1 Å². The number of phenolic OH excluding ortho intramolecular Hbond substituents is 1. The summed E-state index contributed by atoms with van der Waals surface area (Å²) in [5, 5.41) is 14.6. The third-order valence-corrected chi connectivity index (χ3v) is 6.56. The molecular formula is C26H25BrN2O5. The number of nitrogens with zero attached hydrogens (tertiary/aromatic N) is 1. The first-order chi connectivity index (χ1) is 16.6. The number of methoxy groups -OCH3 is 1. The van der Waals surface area contributed by atoms with Crippen molar-refractivity contribution in [2.24, 2.45) is 4.99 Å². The predicted octanol–water partition coefficient (Wildman–Crippen LogP) is 5.51. The molecule has 0 aliphatic carbocycles. The molecule has 3 aromatic rings. The highest BCUT2D eigenvalue weighted by molar-refractivity contribution is 9.10. The molecule has 3 aromatic carbocycles. The molecule has 0 saturated carbocycles. The van der Waals surface area contributed by atoms with Crippen LogP contribution in [0.5, 0.6) is 28.7 Å². The monoisotopic (exact) mass is 524 g/mol. The van der Waals surface area contributed by atoms with Gasteiger partial charge in [0.05, 0.1) is 18.2 Å². The van der Waals surface area contributed by atoms with E-state index in [0.29, 0.717) is 24.5 Å². The van der Waals surface area contributed by atoms with Gasteiger partial charge in [0.25, 0.3) is 0 Å². The summed E-state index contributed by atoms with van der Waals surface area (Å²) in [5.74, 6) is 2.80. The highest BCUT2D eigenvalue weighted by Gasteiger charge is 2.29. The number of hydrogen-bond donors (Lipinski definition) is 2. The third-order valence-electron chi connectivity index (χ3n) is 5.94. The lowest BCUT2D eigenvalue weighted by Gasteiger charge is -2.31. The van der Waals surface area contributed by atoms with Crippen molar-refractivity contribution in [1.82, 2.24) is 5.32 Å². The SMILES string of the molecule is CCOc1cccc([C@@H]2CC(c3ccc4c(c3)OCO4)=N[C@H](c3ccc(OC)c(Br)c3)N2)c1O. The molecule has 0 bridgehead atoms. The van der Waals surface area contributed by atoms with Crippen LogP contribution in [0.4, 0.5) is 0 Å². The number of para-hydroxylation sites is 1. The van der Waals surface area contributed by atoms with E-state index in [1.54, 1.807) is 13.2 Å². The molecule has 2 aliphatic rings. The number of phenols is 1. The number of fused-ring (bicyclic) bond motifs is 1. The number of aromatic hydroxyl groups is 1. The summed E-state index contributed by atoms with van der Waals surface area (Å²) in [5.41, 5.74) is 3.58. The first-order valence-corrected chi connectivity index (χ1v) is 11.9. The zero-order chi connectivity index (χ0) is 23.7. The molecule has 2 atom stereocenters. The Kier molecular flexibility index (Phi) is 6.34. The lowest BCUT2D eigenvalue weighted by atomic mass is 9.93. The van der Waals surface area contributed by atoms with Crippen LogP contribution >= 0.6 is 15.9 Å². The van der Waals surface area contributed by atoms with Crippen molar-refractivity contribution >= 4 is 21.6 Å². The normalized spacial score (nSPS) is 19.0. The molecule has 7 nitrogen and oxygen atoms in total. The molecule has 2 heterocycles. The Hall–Kier alpha value is -3.23. The van der Waals surface area contributed by atoms with Crippen molar-refractivity contribution in [2.75, 3.05) is 20.5 Å². The third kappa shape index (κ3) is 4.31. The lowest BCUT2D eigenvalue weighted by Crippen LogP contribution is -2.33. The molecule has 0 fully saturated rings. The summed E-state index contributed by atoms with van der Waals surface area (Å²) in [4.78, 5) is 5.04. The maximum atomic E-state index is 11.0. The largest absolute Gasteiger partial charge is 0.504 e. The summed E-state index contributed by atoms with van der Waals surface area (Å²) < 4.78 is 22.9. The quantitative estimate of drug-likeness (QED) is 0.442. The Morgan fingerprint density at radius 3 is 2.74 bits per heavy atom. The number of rotatable bonds is 6. The fraction of sp³-hybridized carbons (Fsp3) is 0.269. The summed E-state index contributed by atoms with van der Waals surface area (Å²) in [6.45, 7) is 2.59. The fourth-order valence-corrected chi connectivity index (χ4v) is 4.83. The Balaban J connectivity index is 1.56. The van der Waals surface area contributed by atoms with Gasteiger partial charge >= 0.3 is 0 Å². The van der Waals surface area contributed by atoms with Gasteiger partial charge < -0.3 is 24.1 Å². The summed E-state index contributed by atoms with van der Waals surface area (Å²) >= 11 is 3.58. The average molecular weight is 525 g/mol. The van der Waals surface area contributed by atoms with Crippen LogP contribution in [0.15, 0.2) is 64.1 Å². The average Bonchev–Trinajstić information content (AvgIpc) is 3.33. The molecule has 8 heteroatoms. The minimum atomic E-state index is -0.337. The van der Waals surface area contributed by atoms with Crippen LogP contribution in [0.3, 0.4) is 0 Å². The second-order valence-electron chi connectivity index (χ2n) is 7.99. The van der Waals surface area contributed by atoms with Gasteiger partial charge in [-0.15, -0.1) is 0 Å². The number of benzene rings is 3. The van der Waals surface area contributed by atoms with Gasteiger partial charge in [0.15, 0.2) is 23.0 Å². The van der Waals surface area contributed by atoms with Gasteiger partial charge in [0, 0.05) is 23.7 Å². The molecule has 2 aliphatic heterocycles. The number of nitrogens with one attached hydrogen (secondary N) is 1. The van der Waals surface area contributed by atoms with E-state index in [4.69, 9.17) is 23.9 Å². The maximum Gasteiger partial charge on any atom is 0.231 e. The Morgan fingerprint density at radius 2 is 1.94 bits per heavy atom. The van der Waals surface area contributed by atoms with Crippen LogP contribution in [-0.4, -0.2) is 31.3 Å². The van der Waals surface area contributed by atoms with E-state index >= 15 is 0 Å². The summed E-state index contributed by atoms with van der Waals surface area (Å²) in [6.07, 6.45) is 0.243. The minimum absolute atomic E-state index is 0.142. The van der Waals surface area contributed by atoms with Gasteiger partial charge in [-0.25, -0.2) is 0 Å². The molecule has 5 rings (SSSR count). The highest BCUT2D eigenvalue weighted by Crippen LogP contribution is 2.41. The maximum absolute atomic E-state index is 11.0. The van der Waals surface area contributed by atoms with Gasteiger partial charge in [0.2, 0.25) is 6.79 Å². The van der Waals surface area contributed by atoms with Gasteiger partial charge in [-0.1, -0.05) is 18.2 Å². The van der Waals surface area contributed by atoms with Crippen LogP contribution in [0.25, 0.3) is 0 Å². The van der Waals surface area contributed by atoms with E-state index in [1.807, 2.05) is 55.5 Å². The molecule has 0 amide bonds. The van der Waals surface area contributed by atoms with E-state index in [0.717, 1.165) is 38.4 Å². The topological polar surface area (TPSA) is 81.5 Å². The Labute approximate surface area is 206 Å². The number of aliphatic imine (C=N–C) groups is 1. The standard InChI is InChI=1S/C26H25BrN2O5/c1-3-32-23-6-4-5-17(25(23)30)20-13-19(15-7-10-22-24(12-15)34-14-33-22)28-26(29-20)16-8-9-21(31-2)18(27)11-16/h4-12,20,26,29-30H,3,13-14H2,1-2H3/t20-,26-/m0/s1. The molecule has 34 heavy (non-hydrogen) atoms. The van der Waals surface area contributed by atoms with Crippen molar-refractivity contribution in [3.05, 3.63) is 75.8 Å². The highest BCUT2D eigenvalue weighted by atomic mass is 79.9. The van der Waals surface area contributed by atoms with Gasteiger partial charge in [-0.3, -0.25) is 10.3 Å². The van der Waals surface area contributed by atoms with Gasteiger partial charge in [-0.05, 0) is 70.4 Å². The Bertz CT molecular complexity index is 1250. The summed E-state index contributed by atoms with van der Waals surface area (Å²) in [6, 6.07) is 17.1. The number of hydrogen-bond acceptors (Lipinski definition) is 7. The Morgan fingerprint density at radius 1 is 1.09 bits per heavy atom. The van der Waals surface area contributed by atoms with E-state index in [9.17, 15) is 5.11 Å². The van der Waals surface area contributed by atoms with E-state index in [2.05, 4.69) is 21.2 Å². The molecular weight excluding hydrogens is 500 g/mol. The van der Waals surface area contributed by atoms with Gasteiger partial charge in [0.1, 0.15) is 11.9 Å². The van der Waals surface area contributed by atoms with Crippen molar-refractivity contribution in [3.63, 3.8) is 0 Å². The van der Waals surface area contributed by atoms with E-state index < -0.39 is 0 Å². The molecule has 0 unspecified atom stereocenters. The van der Waals surface area contributed by atoms with Gasteiger partial charge in [-0.2, -0.15) is 0 Å². The van der Waals surface area contributed by atoms with Crippen LogP contribution in [0, 0.1) is 0 Å².